The Balaban J connectivity index is 1.93. The van der Waals surface area contributed by atoms with E-state index >= 15 is 0 Å². The van der Waals surface area contributed by atoms with Gasteiger partial charge in [-0.3, -0.25) is 0 Å². The molecule has 0 bridgehead atoms. The van der Waals surface area contributed by atoms with Crippen LogP contribution in [0.5, 0.6) is 0 Å². The van der Waals surface area contributed by atoms with Crippen molar-refractivity contribution in [1.82, 2.24) is 11.7 Å². The minimum Gasteiger partial charge on any atom is -0.354 e. The van der Waals surface area contributed by atoms with E-state index < -0.39 is 14.8 Å². The van der Waals surface area contributed by atoms with Crippen LogP contribution in [0.15, 0.2) is 0 Å². The molecule has 3 aliphatic rings. The van der Waals surface area contributed by atoms with Crippen molar-refractivity contribution in [3.8, 4) is 0 Å². The highest BCUT2D eigenvalue weighted by molar-refractivity contribution is 6.50. The van der Waals surface area contributed by atoms with Gasteiger partial charge in [0.2, 0.25) is 0 Å². The second kappa shape index (κ2) is 12.3. The molecule has 0 unspecified atom stereocenters. The summed E-state index contributed by atoms with van der Waals surface area (Å²) in [6.45, 7) is 11.3. The molecule has 0 aromatic rings. The molecule has 0 radical (unpaired) electrons. The Morgan fingerprint density at radius 3 is 0.964 bits per heavy atom. The summed E-state index contributed by atoms with van der Waals surface area (Å²) in [4.78, 5) is 0. The van der Waals surface area contributed by atoms with E-state index in [0.29, 0.717) is 0 Å². The van der Waals surface area contributed by atoms with E-state index in [-0.39, 0.29) is 0 Å². The molecule has 0 aliphatic heterocycles. The first-order valence-corrected chi connectivity index (χ1v) is 14.6. The molecule has 3 rings (SSSR count). The standard InChI is InChI=1S/3C8H16N.Al/c3*1-2-7-9-8-5-3-4-6-8;/h3*8H,2-7H2,1H3;/q3*-1;+3. The van der Waals surface area contributed by atoms with Gasteiger partial charge in [0.1, 0.15) is 0 Å². The third-order valence-corrected chi connectivity index (χ3v) is 11.5. The zero-order chi connectivity index (χ0) is 19.8. The Morgan fingerprint density at radius 1 is 0.500 bits per heavy atom. The van der Waals surface area contributed by atoms with Gasteiger partial charge in [-0.05, 0) is 95.5 Å². The minimum atomic E-state index is -1.29. The van der Waals surface area contributed by atoms with Crippen LogP contribution in [0.3, 0.4) is 0 Å². The third-order valence-electron chi connectivity index (χ3n) is 7.72. The Kier molecular flexibility index (Phi) is 10.1. The van der Waals surface area contributed by atoms with Gasteiger partial charge in [0.15, 0.2) is 0 Å². The van der Waals surface area contributed by atoms with E-state index in [4.69, 9.17) is 0 Å². The summed E-state index contributed by atoms with van der Waals surface area (Å²) in [5.41, 5.74) is 0. The third kappa shape index (κ3) is 5.76. The van der Waals surface area contributed by atoms with Crippen LogP contribution in [-0.2, 0) is 0 Å². The Bertz CT molecular complexity index is 352. The minimum absolute atomic E-state index is 0.887. The van der Waals surface area contributed by atoms with Crippen molar-refractivity contribution >= 4 is 14.8 Å². The van der Waals surface area contributed by atoms with Gasteiger partial charge in [0, 0.05) is 0 Å². The van der Waals surface area contributed by atoms with Crippen LogP contribution in [0.4, 0.5) is 0 Å². The lowest BCUT2D eigenvalue weighted by Gasteiger charge is -2.48. The summed E-state index contributed by atoms with van der Waals surface area (Å²) in [5, 5.41) is 0. The van der Waals surface area contributed by atoms with Crippen LogP contribution in [-0.4, -0.2) is 64.2 Å². The molecule has 3 nitrogen and oxygen atoms in total. The maximum atomic E-state index is 3.15. The smallest absolute Gasteiger partial charge is 0.354 e. The first kappa shape index (κ1) is 23.1. The molecule has 0 N–H and O–H groups in total. The number of rotatable bonds is 12. The van der Waals surface area contributed by atoms with E-state index in [0.717, 1.165) is 18.1 Å². The van der Waals surface area contributed by atoms with Crippen LogP contribution in [0.25, 0.3) is 0 Å². The molecule has 3 fully saturated rings. The molecule has 0 saturated heterocycles. The summed E-state index contributed by atoms with van der Waals surface area (Å²) in [5.74, 6) is 0. The molecule has 3 saturated carbocycles. The summed E-state index contributed by atoms with van der Waals surface area (Å²) in [7, 11) is 0. The lowest BCUT2D eigenvalue weighted by molar-refractivity contribution is 0.177. The van der Waals surface area contributed by atoms with Gasteiger partial charge in [-0.2, -0.15) is 0 Å². The molecule has 3 aliphatic carbocycles. The Hall–Kier alpha value is 0.412. The first-order chi connectivity index (χ1) is 13.8. The largest absolute Gasteiger partial charge is 0.609 e. The van der Waals surface area contributed by atoms with Crippen molar-refractivity contribution in [3.63, 3.8) is 0 Å². The van der Waals surface area contributed by atoms with Crippen LogP contribution in [0.2, 0.25) is 0 Å². The van der Waals surface area contributed by atoms with E-state index in [1.807, 2.05) is 0 Å². The van der Waals surface area contributed by atoms with Gasteiger partial charge in [0.25, 0.3) is 0 Å². The van der Waals surface area contributed by atoms with Gasteiger partial charge in [-0.1, -0.05) is 59.3 Å². The molecule has 0 amide bonds. The summed E-state index contributed by atoms with van der Waals surface area (Å²) in [6, 6.07) is 2.66. The van der Waals surface area contributed by atoms with Crippen molar-refractivity contribution in [2.45, 2.75) is 135 Å². The normalized spacial score (nSPS) is 22.5. The van der Waals surface area contributed by atoms with Crippen LogP contribution in [0, 0.1) is 0 Å². The van der Waals surface area contributed by atoms with Crippen molar-refractivity contribution in [2.75, 3.05) is 19.6 Å². The van der Waals surface area contributed by atoms with Gasteiger partial charge in [-0.15, -0.1) is 0 Å². The van der Waals surface area contributed by atoms with Gasteiger partial charge >= 0.3 is 14.8 Å². The molecular formula is C24H48AlN3. The van der Waals surface area contributed by atoms with Gasteiger partial charge < -0.3 is 11.7 Å². The molecule has 162 valence electrons. The van der Waals surface area contributed by atoms with E-state index in [1.165, 1.54) is 116 Å². The molecule has 0 aromatic carbocycles. The van der Waals surface area contributed by atoms with Crippen LogP contribution in [0.1, 0.15) is 117 Å². The van der Waals surface area contributed by atoms with Crippen molar-refractivity contribution < 1.29 is 0 Å². The van der Waals surface area contributed by atoms with Crippen LogP contribution < -0.4 is 0 Å². The SMILES string of the molecule is CCC[N](C1CCCC1)[Al]([N](CCC)C1CCCC1)[N](CCC)C1CCCC1. The lowest BCUT2D eigenvalue weighted by atomic mass is 10.2. The zero-order valence-electron chi connectivity index (χ0n) is 19.4. The molecular weight excluding hydrogens is 357 g/mol. The quantitative estimate of drug-likeness (QED) is 0.372. The molecule has 0 spiro atoms. The fraction of sp³-hybridized carbons (Fsp3) is 1.00. The topological polar surface area (TPSA) is 9.72 Å². The zero-order valence-corrected chi connectivity index (χ0v) is 20.5. The highest BCUT2D eigenvalue weighted by Gasteiger charge is 2.48. The average Bonchev–Trinajstić information content (AvgIpc) is 3.49. The highest BCUT2D eigenvalue weighted by atomic mass is 27.2. The predicted octanol–water partition coefficient (Wildman–Crippen LogP) is 5.94. The Labute approximate surface area is 181 Å². The van der Waals surface area contributed by atoms with E-state index in [2.05, 4.69) is 32.4 Å². The number of hydrogen-bond acceptors (Lipinski definition) is 3. The fourth-order valence-corrected chi connectivity index (χ4v) is 11.1. The van der Waals surface area contributed by atoms with Crippen molar-refractivity contribution in [2.24, 2.45) is 0 Å². The van der Waals surface area contributed by atoms with Gasteiger partial charge in [0.05, 0.1) is 0 Å². The molecule has 0 aromatic heterocycles. The molecule has 28 heavy (non-hydrogen) atoms. The van der Waals surface area contributed by atoms with Crippen LogP contribution >= 0.6 is 0 Å². The second-order valence-electron chi connectivity index (χ2n) is 9.87. The number of hydrogen-bond donors (Lipinski definition) is 0. The van der Waals surface area contributed by atoms with Crippen molar-refractivity contribution in [1.29, 1.82) is 0 Å². The first-order valence-electron chi connectivity index (χ1n) is 13.1. The summed E-state index contributed by atoms with van der Waals surface area (Å²) in [6.07, 6.45) is 21.6. The summed E-state index contributed by atoms with van der Waals surface area (Å²) >= 11 is -1.29. The molecule has 0 atom stereocenters. The molecule has 0 heterocycles. The second-order valence-corrected chi connectivity index (χ2v) is 12.6. The average molecular weight is 406 g/mol. The monoisotopic (exact) mass is 405 g/mol. The van der Waals surface area contributed by atoms with Gasteiger partial charge in [-0.25, -0.2) is 0 Å². The van der Waals surface area contributed by atoms with E-state index in [9.17, 15) is 0 Å². The number of nitrogens with zero attached hydrogens (tertiary/aromatic N) is 3. The Morgan fingerprint density at radius 2 is 0.750 bits per heavy atom. The molecule has 4 heteroatoms. The predicted molar refractivity (Wildman–Crippen MR) is 124 cm³/mol. The maximum Gasteiger partial charge on any atom is 0.609 e. The van der Waals surface area contributed by atoms with Crippen molar-refractivity contribution in [3.05, 3.63) is 0 Å². The lowest BCUT2D eigenvalue weighted by Crippen LogP contribution is -2.69. The summed E-state index contributed by atoms with van der Waals surface area (Å²) < 4.78 is 9.44. The highest BCUT2D eigenvalue weighted by Crippen LogP contribution is 2.33. The maximum absolute atomic E-state index is 3.15. The van der Waals surface area contributed by atoms with E-state index in [1.54, 1.807) is 0 Å². The fourth-order valence-electron chi connectivity index (χ4n) is 6.51.